The van der Waals surface area contributed by atoms with E-state index in [-0.39, 0.29) is 5.91 Å². The van der Waals surface area contributed by atoms with Crippen LogP contribution in [-0.4, -0.2) is 46.9 Å². The van der Waals surface area contributed by atoms with Crippen molar-refractivity contribution in [3.05, 3.63) is 90.3 Å². The van der Waals surface area contributed by atoms with Crippen molar-refractivity contribution in [2.75, 3.05) is 26.2 Å². The summed E-state index contributed by atoms with van der Waals surface area (Å²) in [6.45, 7) is 4.88. The number of carbonyl (C=O) groups is 1. The lowest BCUT2D eigenvalue weighted by atomic mass is 10.0. The van der Waals surface area contributed by atoms with Crippen LogP contribution in [-0.2, 0) is 6.54 Å². The fraction of sp³-hybridized carbons (Fsp3) is 0.280. The zero-order valence-corrected chi connectivity index (χ0v) is 16.4. The lowest BCUT2D eigenvalue weighted by Crippen LogP contribution is -2.33. The lowest BCUT2D eigenvalue weighted by molar-refractivity contribution is 0.0773. The molecule has 0 bridgehead atoms. The summed E-state index contributed by atoms with van der Waals surface area (Å²) in [6, 6.07) is 23.0. The summed E-state index contributed by atoms with van der Waals surface area (Å²) < 4.78 is 0. The van der Waals surface area contributed by atoms with Crippen molar-refractivity contribution < 1.29 is 4.79 Å². The fourth-order valence-corrected chi connectivity index (χ4v) is 4.75. The van der Waals surface area contributed by atoms with E-state index in [9.17, 15) is 4.79 Å². The average Bonchev–Trinajstić information content (AvgIpc) is 3.34. The lowest BCUT2D eigenvalue weighted by Gasteiger charge is -2.22. The van der Waals surface area contributed by atoms with Crippen molar-refractivity contribution in [2.45, 2.75) is 6.54 Å². The Morgan fingerprint density at radius 2 is 1.41 bits per heavy atom. The quantitative estimate of drug-likeness (QED) is 0.684. The van der Waals surface area contributed by atoms with E-state index in [0.717, 1.165) is 38.3 Å². The van der Waals surface area contributed by atoms with Crippen molar-refractivity contribution in [3.8, 4) is 11.1 Å². The first-order valence-corrected chi connectivity index (χ1v) is 10.3. The molecule has 0 radical (unpaired) electrons. The topological polar surface area (TPSA) is 36.4 Å². The van der Waals surface area contributed by atoms with Crippen LogP contribution in [0, 0.1) is 11.8 Å². The van der Waals surface area contributed by atoms with Gasteiger partial charge in [0.05, 0.1) is 0 Å². The third-order valence-corrected chi connectivity index (χ3v) is 6.24. The molecule has 0 aliphatic carbocycles. The maximum absolute atomic E-state index is 12.7. The zero-order valence-electron chi connectivity index (χ0n) is 16.4. The molecule has 0 N–H and O–H groups in total. The predicted octanol–water partition coefficient (Wildman–Crippen LogP) is 3.95. The van der Waals surface area contributed by atoms with E-state index in [4.69, 9.17) is 0 Å². The van der Waals surface area contributed by atoms with Crippen LogP contribution in [0.15, 0.2) is 79.1 Å². The van der Waals surface area contributed by atoms with Crippen LogP contribution in [0.25, 0.3) is 11.1 Å². The van der Waals surface area contributed by atoms with Gasteiger partial charge in [0, 0.05) is 50.7 Å². The predicted molar refractivity (Wildman–Crippen MR) is 114 cm³/mol. The summed E-state index contributed by atoms with van der Waals surface area (Å²) in [6.07, 6.45) is 3.38. The number of rotatable bonds is 4. The fourth-order valence-electron chi connectivity index (χ4n) is 4.75. The summed E-state index contributed by atoms with van der Waals surface area (Å²) >= 11 is 0. The largest absolute Gasteiger partial charge is 0.338 e. The van der Waals surface area contributed by atoms with Gasteiger partial charge in [0.2, 0.25) is 0 Å². The molecule has 3 heterocycles. The van der Waals surface area contributed by atoms with Crippen molar-refractivity contribution in [1.82, 2.24) is 14.8 Å². The van der Waals surface area contributed by atoms with Crippen LogP contribution in [0.2, 0.25) is 0 Å². The molecule has 2 atom stereocenters. The second-order valence-electron chi connectivity index (χ2n) is 8.22. The SMILES string of the molecule is O=C(c1ccncc1)N1C[C@@H]2CN(Cc3ccc(-c4ccccc4)cc3)C[C@H]2C1. The number of hydrogen-bond donors (Lipinski definition) is 0. The van der Waals surface area contributed by atoms with E-state index in [1.165, 1.54) is 16.7 Å². The number of fused-ring (bicyclic) bond motifs is 1. The highest BCUT2D eigenvalue weighted by atomic mass is 16.2. The van der Waals surface area contributed by atoms with E-state index in [1.807, 2.05) is 23.1 Å². The number of amides is 1. The Morgan fingerprint density at radius 1 is 0.793 bits per heavy atom. The minimum Gasteiger partial charge on any atom is -0.338 e. The molecule has 2 fully saturated rings. The summed E-state index contributed by atoms with van der Waals surface area (Å²) in [4.78, 5) is 21.3. The van der Waals surface area contributed by atoms with Gasteiger partial charge in [-0.1, -0.05) is 54.6 Å². The Balaban J connectivity index is 1.18. The smallest absolute Gasteiger partial charge is 0.253 e. The molecule has 29 heavy (non-hydrogen) atoms. The van der Waals surface area contributed by atoms with Gasteiger partial charge in [0.15, 0.2) is 0 Å². The minimum atomic E-state index is 0.143. The van der Waals surface area contributed by atoms with E-state index in [1.54, 1.807) is 12.4 Å². The number of nitrogens with zero attached hydrogens (tertiary/aromatic N) is 3. The van der Waals surface area contributed by atoms with Crippen LogP contribution < -0.4 is 0 Å². The second-order valence-corrected chi connectivity index (χ2v) is 8.22. The molecular weight excluding hydrogens is 358 g/mol. The second kappa shape index (κ2) is 7.80. The van der Waals surface area contributed by atoms with Gasteiger partial charge in [-0.3, -0.25) is 14.7 Å². The van der Waals surface area contributed by atoms with Crippen molar-refractivity contribution in [1.29, 1.82) is 0 Å². The average molecular weight is 383 g/mol. The molecule has 2 saturated heterocycles. The molecule has 1 aromatic heterocycles. The molecule has 2 aliphatic heterocycles. The highest BCUT2D eigenvalue weighted by Gasteiger charge is 2.41. The molecule has 1 amide bonds. The zero-order chi connectivity index (χ0) is 19.6. The Morgan fingerprint density at radius 3 is 2.07 bits per heavy atom. The van der Waals surface area contributed by atoms with Gasteiger partial charge in [0.25, 0.3) is 5.91 Å². The summed E-state index contributed by atoms with van der Waals surface area (Å²) in [7, 11) is 0. The van der Waals surface area contributed by atoms with Crippen LogP contribution >= 0.6 is 0 Å². The van der Waals surface area contributed by atoms with Gasteiger partial charge in [-0.25, -0.2) is 0 Å². The highest BCUT2D eigenvalue weighted by molar-refractivity contribution is 5.94. The first-order chi connectivity index (χ1) is 14.3. The number of likely N-dealkylation sites (tertiary alicyclic amines) is 2. The molecule has 4 heteroatoms. The van der Waals surface area contributed by atoms with Crippen LogP contribution in [0.3, 0.4) is 0 Å². The molecular formula is C25H25N3O. The first kappa shape index (κ1) is 18.1. The molecule has 4 nitrogen and oxygen atoms in total. The number of benzene rings is 2. The summed E-state index contributed by atoms with van der Waals surface area (Å²) in [5.74, 6) is 1.32. The van der Waals surface area contributed by atoms with E-state index >= 15 is 0 Å². The number of aromatic nitrogens is 1. The molecule has 146 valence electrons. The van der Waals surface area contributed by atoms with Gasteiger partial charge in [-0.2, -0.15) is 0 Å². The molecule has 0 saturated carbocycles. The Labute approximate surface area is 171 Å². The summed E-state index contributed by atoms with van der Waals surface area (Å²) in [5.41, 5.74) is 4.62. The van der Waals surface area contributed by atoms with Crippen LogP contribution in [0.5, 0.6) is 0 Å². The van der Waals surface area contributed by atoms with Gasteiger partial charge >= 0.3 is 0 Å². The number of carbonyl (C=O) groups excluding carboxylic acids is 1. The first-order valence-electron chi connectivity index (χ1n) is 10.3. The number of pyridine rings is 1. The van der Waals surface area contributed by atoms with E-state index in [0.29, 0.717) is 11.8 Å². The Bertz CT molecular complexity index is 958. The van der Waals surface area contributed by atoms with Crippen LogP contribution in [0.1, 0.15) is 15.9 Å². The maximum Gasteiger partial charge on any atom is 0.253 e. The standard InChI is InChI=1S/C25H25N3O/c29-25(22-10-12-26-13-11-22)28-17-23-15-27(16-24(23)18-28)14-19-6-8-21(9-7-19)20-4-2-1-3-5-20/h1-13,23-24H,14-18H2/t23-,24-/m0/s1. The molecule has 3 aromatic rings. The highest BCUT2D eigenvalue weighted by Crippen LogP contribution is 2.32. The Kier molecular flexibility index (Phi) is 4.86. The molecule has 2 aromatic carbocycles. The van der Waals surface area contributed by atoms with Gasteiger partial charge < -0.3 is 4.90 Å². The molecule has 5 rings (SSSR count). The monoisotopic (exact) mass is 383 g/mol. The third-order valence-electron chi connectivity index (χ3n) is 6.24. The third kappa shape index (κ3) is 3.81. The van der Waals surface area contributed by atoms with E-state index < -0.39 is 0 Å². The van der Waals surface area contributed by atoms with E-state index in [2.05, 4.69) is 58.4 Å². The number of hydrogen-bond acceptors (Lipinski definition) is 3. The summed E-state index contributed by atoms with van der Waals surface area (Å²) in [5, 5.41) is 0. The van der Waals surface area contributed by atoms with Crippen LogP contribution in [0.4, 0.5) is 0 Å². The maximum atomic E-state index is 12.7. The molecule has 0 spiro atoms. The molecule has 0 unspecified atom stereocenters. The Hall–Kier alpha value is -2.98. The van der Waals surface area contributed by atoms with Gasteiger partial charge in [-0.15, -0.1) is 0 Å². The molecule has 2 aliphatic rings. The minimum absolute atomic E-state index is 0.143. The van der Waals surface area contributed by atoms with Crippen molar-refractivity contribution in [2.24, 2.45) is 11.8 Å². The van der Waals surface area contributed by atoms with Gasteiger partial charge in [0.1, 0.15) is 0 Å². The van der Waals surface area contributed by atoms with Crippen molar-refractivity contribution >= 4 is 5.91 Å². The van der Waals surface area contributed by atoms with Gasteiger partial charge in [-0.05, 0) is 40.7 Å². The van der Waals surface area contributed by atoms with Crippen molar-refractivity contribution in [3.63, 3.8) is 0 Å². The normalized spacial score (nSPS) is 21.3.